The second-order valence-electron chi connectivity index (χ2n) is 8.11. The van der Waals surface area contributed by atoms with Gasteiger partial charge >= 0.3 is 0 Å². The minimum absolute atomic E-state index is 0.0168. The quantitative estimate of drug-likeness (QED) is 0.625. The number of ether oxygens (including phenoxy) is 2. The maximum absolute atomic E-state index is 12.8. The van der Waals surface area contributed by atoms with E-state index in [2.05, 4.69) is 24.4 Å². The third-order valence-electron chi connectivity index (χ3n) is 5.80. The van der Waals surface area contributed by atoms with Crippen LogP contribution in [0.4, 0.5) is 0 Å². The normalized spacial score (nSPS) is 14.5. The number of aryl methyl sites for hydroxylation is 1. The van der Waals surface area contributed by atoms with Gasteiger partial charge in [0.05, 0.1) is 12.6 Å². The van der Waals surface area contributed by atoms with Gasteiger partial charge in [-0.05, 0) is 68.9 Å². The number of amides is 2. The average molecular weight is 439 g/mol. The van der Waals surface area contributed by atoms with Crippen LogP contribution in [0.1, 0.15) is 67.6 Å². The summed E-state index contributed by atoms with van der Waals surface area (Å²) in [5.74, 6) is 0.731. The van der Waals surface area contributed by atoms with Crippen LogP contribution in [0.3, 0.4) is 0 Å². The van der Waals surface area contributed by atoms with Gasteiger partial charge in [-0.1, -0.05) is 31.2 Å². The molecule has 2 aromatic rings. The van der Waals surface area contributed by atoms with Crippen molar-refractivity contribution in [3.05, 3.63) is 59.2 Å². The van der Waals surface area contributed by atoms with E-state index in [4.69, 9.17) is 9.47 Å². The molecular formula is C26H34N2O4. The molecule has 2 aromatic carbocycles. The monoisotopic (exact) mass is 438 g/mol. The molecule has 172 valence electrons. The summed E-state index contributed by atoms with van der Waals surface area (Å²) in [6, 6.07) is 13.2. The van der Waals surface area contributed by atoms with Gasteiger partial charge in [0.25, 0.3) is 11.8 Å². The molecule has 0 aromatic heterocycles. The van der Waals surface area contributed by atoms with Crippen LogP contribution in [0.2, 0.25) is 0 Å². The lowest BCUT2D eigenvalue weighted by Gasteiger charge is -2.26. The minimum Gasteiger partial charge on any atom is -0.490 e. The van der Waals surface area contributed by atoms with Gasteiger partial charge in [-0.2, -0.15) is 0 Å². The molecule has 0 radical (unpaired) electrons. The number of rotatable bonds is 9. The summed E-state index contributed by atoms with van der Waals surface area (Å²) in [7, 11) is 0. The van der Waals surface area contributed by atoms with Gasteiger partial charge in [0.2, 0.25) is 0 Å². The molecular weight excluding hydrogens is 404 g/mol. The van der Waals surface area contributed by atoms with Gasteiger partial charge in [-0.3, -0.25) is 9.59 Å². The first-order valence-electron chi connectivity index (χ1n) is 11.6. The maximum Gasteiger partial charge on any atom is 0.260 e. The summed E-state index contributed by atoms with van der Waals surface area (Å²) in [5.41, 5.74) is 2.81. The van der Waals surface area contributed by atoms with Gasteiger partial charge in [0.15, 0.2) is 18.1 Å². The van der Waals surface area contributed by atoms with Crippen LogP contribution >= 0.6 is 0 Å². The highest BCUT2D eigenvalue weighted by Gasteiger charge is 2.19. The summed E-state index contributed by atoms with van der Waals surface area (Å²) in [6.07, 6.45) is 4.24. The molecule has 3 rings (SSSR count). The van der Waals surface area contributed by atoms with Gasteiger partial charge in [-0.15, -0.1) is 0 Å². The van der Waals surface area contributed by atoms with E-state index in [9.17, 15) is 9.59 Å². The molecule has 0 saturated carbocycles. The fourth-order valence-corrected chi connectivity index (χ4v) is 3.82. The molecule has 1 atom stereocenters. The first-order chi connectivity index (χ1) is 15.5. The van der Waals surface area contributed by atoms with E-state index in [-0.39, 0.29) is 24.5 Å². The second-order valence-corrected chi connectivity index (χ2v) is 8.11. The molecule has 0 spiro atoms. The summed E-state index contributed by atoms with van der Waals surface area (Å²) < 4.78 is 11.5. The smallest absolute Gasteiger partial charge is 0.260 e. The standard InChI is InChI=1S/C26H34N2O4/c1-4-20-9-11-21(12-10-20)19(3)27-26(30)22-13-14-23(24(17-22)31-5-2)32-18-25(29)28-15-7-6-8-16-28/h9-14,17,19H,4-8,15-16,18H2,1-3H3,(H,27,30). The first-order valence-corrected chi connectivity index (χ1v) is 11.6. The van der Waals surface area contributed by atoms with Crippen molar-refractivity contribution in [1.82, 2.24) is 10.2 Å². The third kappa shape index (κ3) is 6.25. The molecule has 0 aliphatic carbocycles. The van der Waals surface area contributed by atoms with Crippen LogP contribution in [-0.4, -0.2) is 43.0 Å². The molecule has 6 nitrogen and oxygen atoms in total. The molecule has 0 bridgehead atoms. The van der Waals surface area contributed by atoms with E-state index in [1.54, 1.807) is 18.2 Å². The van der Waals surface area contributed by atoms with Crippen molar-refractivity contribution in [3.63, 3.8) is 0 Å². The van der Waals surface area contributed by atoms with E-state index in [0.29, 0.717) is 23.7 Å². The van der Waals surface area contributed by atoms with Gasteiger partial charge in [0.1, 0.15) is 0 Å². The Hall–Kier alpha value is -3.02. The van der Waals surface area contributed by atoms with Crippen molar-refractivity contribution < 1.29 is 19.1 Å². The molecule has 1 fully saturated rings. The maximum atomic E-state index is 12.8. The van der Waals surface area contributed by atoms with Crippen LogP contribution in [0.5, 0.6) is 11.5 Å². The van der Waals surface area contributed by atoms with E-state index in [1.165, 1.54) is 12.0 Å². The lowest BCUT2D eigenvalue weighted by Crippen LogP contribution is -2.38. The third-order valence-corrected chi connectivity index (χ3v) is 5.80. The Bertz CT molecular complexity index is 905. The molecule has 1 unspecified atom stereocenters. The molecule has 1 aliphatic rings. The summed E-state index contributed by atoms with van der Waals surface area (Å²) in [6.45, 7) is 7.94. The van der Waals surface area contributed by atoms with Crippen molar-refractivity contribution >= 4 is 11.8 Å². The van der Waals surface area contributed by atoms with E-state index >= 15 is 0 Å². The summed E-state index contributed by atoms with van der Waals surface area (Å²) in [4.78, 5) is 27.1. The number of likely N-dealkylation sites (tertiary alicyclic amines) is 1. The Balaban J connectivity index is 1.64. The van der Waals surface area contributed by atoms with Crippen LogP contribution in [0.25, 0.3) is 0 Å². The largest absolute Gasteiger partial charge is 0.490 e. The zero-order chi connectivity index (χ0) is 22.9. The number of piperidine rings is 1. The molecule has 1 aliphatic heterocycles. The number of nitrogens with zero attached hydrogens (tertiary/aromatic N) is 1. The Kier molecular flexibility index (Phi) is 8.54. The van der Waals surface area contributed by atoms with Crippen molar-refractivity contribution in [3.8, 4) is 11.5 Å². The number of carbonyl (C=O) groups is 2. The minimum atomic E-state index is -0.186. The fraction of sp³-hybridized carbons (Fsp3) is 0.462. The van der Waals surface area contributed by atoms with Gasteiger partial charge < -0.3 is 19.7 Å². The topological polar surface area (TPSA) is 67.9 Å². The summed E-state index contributed by atoms with van der Waals surface area (Å²) >= 11 is 0. The van der Waals surface area contributed by atoms with Crippen LogP contribution in [0, 0.1) is 0 Å². The van der Waals surface area contributed by atoms with E-state index in [1.807, 2.05) is 30.9 Å². The van der Waals surface area contributed by atoms with Crippen molar-refractivity contribution in [2.75, 3.05) is 26.3 Å². The highest BCUT2D eigenvalue weighted by Crippen LogP contribution is 2.29. The Morgan fingerprint density at radius 1 is 0.969 bits per heavy atom. The van der Waals surface area contributed by atoms with Crippen molar-refractivity contribution in [1.29, 1.82) is 0 Å². The first kappa shape index (κ1) is 23.6. The SMILES string of the molecule is CCOc1cc(C(=O)NC(C)c2ccc(CC)cc2)ccc1OCC(=O)N1CCCCC1. The predicted molar refractivity (Wildman–Crippen MR) is 125 cm³/mol. The highest BCUT2D eigenvalue weighted by molar-refractivity contribution is 5.95. The zero-order valence-corrected chi connectivity index (χ0v) is 19.4. The molecule has 1 saturated heterocycles. The predicted octanol–water partition coefficient (Wildman–Crippen LogP) is 4.53. The lowest BCUT2D eigenvalue weighted by atomic mass is 10.0. The van der Waals surface area contributed by atoms with Gasteiger partial charge in [-0.25, -0.2) is 0 Å². The number of benzene rings is 2. The average Bonchev–Trinajstić information content (AvgIpc) is 2.83. The lowest BCUT2D eigenvalue weighted by molar-refractivity contribution is -0.134. The summed E-state index contributed by atoms with van der Waals surface area (Å²) in [5, 5.41) is 3.04. The number of carbonyl (C=O) groups excluding carboxylic acids is 2. The second kappa shape index (κ2) is 11.6. The molecule has 1 N–H and O–H groups in total. The van der Waals surface area contributed by atoms with E-state index < -0.39 is 0 Å². The molecule has 32 heavy (non-hydrogen) atoms. The molecule has 1 heterocycles. The number of hydrogen-bond donors (Lipinski definition) is 1. The van der Waals surface area contributed by atoms with Crippen LogP contribution in [-0.2, 0) is 11.2 Å². The fourth-order valence-electron chi connectivity index (χ4n) is 3.82. The highest BCUT2D eigenvalue weighted by atomic mass is 16.5. The Morgan fingerprint density at radius 3 is 2.34 bits per heavy atom. The van der Waals surface area contributed by atoms with Crippen molar-refractivity contribution in [2.24, 2.45) is 0 Å². The Labute approximate surface area is 190 Å². The van der Waals surface area contributed by atoms with Gasteiger partial charge in [0, 0.05) is 18.7 Å². The molecule has 6 heteroatoms. The van der Waals surface area contributed by atoms with Crippen LogP contribution < -0.4 is 14.8 Å². The number of nitrogens with one attached hydrogen (secondary N) is 1. The van der Waals surface area contributed by atoms with Crippen LogP contribution in [0.15, 0.2) is 42.5 Å². The number of hydrogen-bond acceptors (Lipinski definition) is 4. The molecule has 2 amide bonds. The Morgan fingerprint density at radius 2 is 1.69 bits per heavy atom. The zero-order valence-electron chi connectivity index (χ0n) is 19.4. The van der Waals surface area contributed by atoms with E-state index in [0.717, 1.165) is 37.9 Å². The van der Waals surface area contributed by atoms with Crippen molar-refractivity contribution in [2.45, 2.75) is 52.5 Å².